The number of carbonyl (C=O) groups excluding carboxylic acids is 1. The second kappa shape index (κ2) is 8.56. The number of amides is 1. The molecule has 1 amide bonds. The Morgan fingerprint density at radius 3 is 2.46 bits per heavy atom. The Labute approximate surface area is 153 Å². The largest absolute Gasteiger partial charge is 0.493 e. The number of methoxy groups -OCH3 is 2. The highest BCUT2D eigenvalue weighted by atomic mass is 19.1. The van der Waals surface area contributed by atoms with Crippen molar-refractivity contribution >= 4 is 11.6 Å². The summed E-state index contributed by atoms with van der Waals surface area (Å²) in [5.74, 6) is 0.824. The summed E-state index contributed by atoms with van der Waals surface area (Å²) in [6.45, 7) is 4.06. The third-order valence-electron chi connectivity index (χ3n) is 4.16. The average molecular weight is 360 g/mol. The summed E-state index contributed by atoms with van der Waals surface area (Å²) >= 11 is 0. The Bertz CT molecular complexity index is 780. The van der Waals surface area contributed by atoms with Gasteiger partial charge in [0.2, 0.25) is 5.91 Å². The summed E-state index contributed by atoms with van der Waals surface area (Å²) in [5, 5.41) is 3.21. The molecule has 0 aromatic heterocycles. The number of aryl methyl sites for hydroxylation is 1. The molecule has 0 aliphatic heterocycles. The summed E-state index contributed by atoms with van der Waals surface area (Å²) in [6, 6.07) is 9.46. The van der Waals surface area contributed by atoms with Crippen LogP contribution in [0.2, 0.25) is 0 Å². The minimum atomic E-state index is -0.453. The van der Waals surface area contributed by atoms with Crippen LogP contribution < -0.4 is 14.8 Å². The van der Waals surface area contributed by atoms with E-state index in [9.17, 15) is 9.18 Å². The summed E-state index contributed by atoms with van der Waals surface area (Å²) < 4.78 is 23.9. The average Bonchev–Trinajstić information content (AvgIpc) is 2.62. The first-order valence-corrected chi connectivity index (χ1v) is 8.34. The van der Waals surface area contributed by atoms with Crippen LogP contribution in [0.1, 0.15) is 18.1 Å². The van der Waals surface area contributed by atoms with Crippen LogP contribution in [0, 0.1) is 12.7 Å². The summed E-state index contributed by atoms with van der Waals surface area (Å²) in [4.78, 5) is 14.2. The van der Waals surface area contributed by atoms with Crippen molar-refractivity contribution in [2.75, 3.05) is 26.6 Å². The summed E-state index contributed by atoms with van der Waals surface area (Å²) in [7, 11) is 4.85. The van der Waals surface area contributed by atoms with Crippen molar-refractivity contribution in [2.45, 2.75) is 26.4 Å². The van der Waals surface area contributed by atoms with Gasteiger partial charge >= 0.3 is 0 Å². The number of anilines is 1. The van der Waals surface area contributed by atoms with Crippen LogP contribution >= 0.6 is 0 Å². The summed E-state index contributed by atoms with van der Waals surface area (Å²) in [6.07, 6.45) is 0. The van der Waals surface area contributed by atoms with E-state index < -0.39 is 6.04 Å². The first kappa shape index (κ1) is 19.6. The van der Waals surface area contributed by atoms with Crippen molar-refractivity contribution in [3.63, 3.8) is 0 Å². The molecule has 0 saturated carbocycles. The topological polar surface area (TPSA) is 50.8 Å². The van der Waals surface area contributed by atoms with Gasteiger partial charge < -0.3 is 19.7 Å². The monoisotopic (exact) mass is 360 g/mol. The molecule has 0 radical (unpaired) electrons. The van der Waals surface area contributed by atoms with E-state index in [0.717, 1.165) is 16.8 Å². The lowest BCUT2D eigenvalue weighted by molar-refractivity contribution is -0.130. The van der Waals surface area contributed by atoms with E-state index in [2.05, 4.69) is 5.32 Å². The van der Waals surface area contributed by atoms with Gasteiger partial charge in [0.1, 0.15) is 11.9 Å². The van der Waals surface area contributed by atoms with Crippen LogP contribution in [-0.2, 0) is 11.3 Å². The fraction of sp³-hybridized carbons (Fsp3) is 0.350. The van der Waals surface area contributed by atoms with Gasteiger partial charge in [-0.15, -0.1) is 0 Å². The maximum absolute atomic E-state index is 13.3. The van der Waals surface area contributed by atoms with Gasteiger partial charge in [-0.2, -0.15) is 0 Å². The van der Waals surface area contributed by atoms with Gasteiger partial charge in [0, 0.05) is 25.3 Å². The molecule has 2 aromatic carbocycles. The van der Waals surface area contributed by atoms with Crippen LogP contribution in [0.5, 0.6) is 11.5 Å². The van der Waals surface area contributed by atoms with E-state index in [1.54, 1.807) is 45.2 Å². The van der Waals surface area contributed by atoms with Crippen molar-refractivity contribution in [1.82, 2.24) is 4.90 Å². The molecule has 0 aliphatic rings. The van der Waals surface area contributed by atoms with Gasteiger partial charge in [0.15, 0.2) is 11.5 Å². The first-order valence-electron chi connectivity index (χ1n) is 8.34. The number of rotatable bonds is 7. The molecular weight excluding hydrogens is 335 g/mol. The molecular formula is C20H25FN2O3. The molecule has 1 N–H and O–H groups in total. The molecule has 0 fully saturated rings. The lowest BCUT2D eigenvalue weighted by Crippen LogP contribution is -2.38. The number of likely N-dealkylation sites (N-methyl/N-ethyl adjacent to an activating group) is 1. The lowest BCUT2D eigenvalue weighted by Gasteiger charge is -2.24. The minimum absolute atomic E-state index is 0.0940. The smallest absolute Gasteiger partial charge is 0.244 e. The van der Waals surface area contributed by atoms with Crippen molar-refractivity contribution < 1.29 is 18.7 Å². The van der Waals surface area contributed by atoms with Gasteiger partial charge in [-0.1, -0.05) is 12.1 Å². The second-order valence-electron chi connectivity index (χ2n) is 6.21. The molecule has 6 heteroatoms. The molecule has 5 nitrogen and oxygen atoms in total. The number of carbonyl (C=O) groups is 1. The number of nitrogens with one attached hydrogen (secondary N) is 1. The number of hydrogen-bond acceptors (Lipinski definition) is 4. The molecule has 0 heterocycles. The normalized spacial score (nSPS) is 11.6. The second-order valence-corrected chi connectivity index (χ2v) is 6.21. The lowest BCUT2D eigenvalue weighted by atomic mass is 10.1. The molecule has 1 unspecified atom stereocenters. The quantitative estimate of drug-likeness (QED) is 0.820. The van der Waals surface area contributed by atoms with E-state index in [4.69, 9.17) is 9.47 Å². The van der Waals surface area contributed by atoms with Crippen LogP contribution in [0.4, 0.5) is 10.1 Å². The predicted molar refractivity (Wildman–Crippen MR) is 100 cm³/mol. The Kier molecular flexibility index (Phi) is 6.44. The van der Waals surface area contributed by atoms with Crippen molar-refractivity contribution in [1.29, 1.82) is 0 Å². The highest BCUT2D eigenvalue weighted by Crippen LogP contribution is 2.33. The number of benzene rings is 2. The van der Waals surface area contributed by atoms with E-state index in [0.29, 0.717) is 18.0 Å². The SMILES string of the molecule is COc1cc(C)c(NC(C)C(=O)N(C)Cc2cccc(F)c2)cc1OC. The third-order valence-corrected chi connectivity index (χ3v) is 4.16. The molecule has 26 heavy (non-hydrogen) atoms. The Balaban J connectivity index is 2.08. The van der Waals surface area contributed by atoms with Crippen molar-refractivity contribution in [2.24, 2.45) is 0 Å². The zero-order chi connectivity index (χ0) is 19.3. The molecule has 140 valence electrons. The first-order chi connectivity index (χ1) is 12.3. The molecule has 1 atom stereocenters. The van der Waals surface area contributed by atoms with Gasteiger partial charge in [-0.05, 0) is 43.2 Å². The van der Waals surface area contributed by atoms with Gasteiger partial charge in [-0.3, -0.25) is 4.79 Å². The van der Waals surface area contributed by atoms with Crippen molar-refractivity contribution in [3.8, 4) is 11.5 Å². The van der Waals surface area contributed by atoms with Crippen LogP contribution in [0.3, 0.4) is 0 Å². The third kappa shape index (κ3) is 4.65. The van der Waals surface area contributed by atoms with Gasteiger partial charge in [0.25, 0.3) is 0 Å². The molecule has 0 bridgehead atoms. The maximum Gasteiger partial charge on any atom is 0.244 e. The Hall–Kier alpha value is -2.76. The number of halogens is 1. The molecule has 2 aromatic rings. The van der Waals surface area contributed by atoms with Gasteiger partial charge in [0.05, 0.1) is 14.2 Å². The van der Waals surface area contributed by atoms with E-state index >= 15 is 0 Å². The van der Waals surface area contributed by atoms with Crippen LogP contribution in [-0.4, -0.2) is 38.1 Å². The predicted octanol–water partition coefficient (Wildman–Crippen LogP) is 3.61. The zero-order valence-electron chi connectivity index (χ0n) is 15.8. The minimum Gasteiger partial charge on any atom is -0.493 e. The molecule has 0 aliphatic carbocycles. The van der Waals surface area contributed by atoms with Crippen LogP contribution in [0.15, 0.2) is 36.4 Å². The van der Waals surface area contributed by atoms with Gasteiger partial charge in [-0.25, -0.2) is 4.39 Å². The maximum atomic E-state index is 13.3. The fourth-order valence-corrected chi connectivity index (χ4v) is 2.75. The highest BCUT2D eigenvalue weighted by molar-refractivity contribution is 5.84. The standard InChI is InChI=1S/C20H25FN2O3/c1-13-9-18(25-4)19(26-5)11-17(13)22-14(2)20(24)23(3)12-15-7-6-8-16(21)10-15/h6-11,14,22H,12H2,1-5H3. The molecule has 2 rings (SSSR count). The number of ether oxygens (including phenoxy) is 2. The molecule has 0 saturated heterocycles. The van der Waals surface area contributed by atoms with Crippen molar-refractivity contribution in [3.05, 3.63) is 53.3 Å². The Morgan fingerprint density at radius 2 is 1.85 bits per heavy atom. The fourth-order valence-electron chi connectivity index (χ4n) is 2.75. The van der Waals surface area contributed by atoms with E-state index in [1.165, 1.54) is 12.1 Å². The van der Waals surface area contributed by atoms with E-state index in [1.807, 2.05) is 19.1 Å². The highest BCUT2D eigenvalue weighted by Gasteiger charge is 2.19. The van der Waals surface area contributed by atoms with E-state index in [-0.39, 0.29) is 11.7 Å². The molecule has 0 spiro atoms. The number of hydrogen-bond donors (Lipinski definition) is 1. The summed E-state index contributed by atoms with van der Waals surface area (Å²) in [5.41, 5.74) is 2.48. The Morgan fingerprint density at radius 1 is 1.19 bits per heavy atom. The zero-order valence-corrected chi connectivity index (χ0v) is 15.8. The number of nitrogens with zero attached hydrogens (tertiary/aromatic N) is 1. The van der Waals surface area contributed by atoms with Crippen LogP contribution in [0.25, 0.3) is 0 Å².